The fraction of sp³-hybridized carbons (Fsp3) is 0.500. The van der Waals surface area contributed by atoms with Crippen LogP contribution in [-0.4, -0.2) is 28.9 Å². The van der Waals surface area contributed by atoms with Gasteiger partial charge in [0.15, 0.2) is 11.6 Å². The van der Waals surface area contributed by atoms with Crippen LogP contribution >= 0.6 is 0 Å². The van der Waals surface area contributed by atoms with E-state index in [1.165, 1.54) is 13.2 Å². The summed E-state index contributed by atoms with van der Waals surface area (Å²) in [4.78, 5) is 4.27. The molecule has 2 aliphatic rings. The van der Waals surface area contributed by atoms with Crippen LogP contribution in [-0.2, 0) is 4.74 Å². The highest BCUT2D eigenvalue weighted by molar-refractivity contribution is 5.80. The fourth-order valence-electron chi connectivity index (χ4n) is 3.50. The second-order valence-corrected chi connectivity index (χ2v) is 5.49. The van der Waals surface area contributed by atoms with Crippen LogP contribution in [0.1, 0.15) is 25.3 Å². The number of ether oxygens (including phenoxy) is 2. The lowest BCUT2D eigenvalue weighted by atomic mass is 9.95. The number of nitrogens with two attached hydrogens (primary N) is 1. The summed E-state index contributed by atoms with van der Waals surface area (Å²) in [5.74, 6) is 0.199. The van der Waals surface area contributed by atoms with Gasteiger partial charge in [0.25, 0.3) is 0 Å². The van der Waals surface area contributed by atoms with Crippen LogP contribution < -0.4 is 10.5 Å². The first-order valence-corrected chi connectivity index (χ1v) is 6.84. The molecule has 1 aromatic heterocycles. The van der Waals surface area contributed by atoms with Gasteiger partial charge in [-0.05, 0) is 19.3 Å². The molecule has 3 heterocycles. The molecular formula is C14H16FN3O2. The summed E-state index contributed by atoms with van der Waals surface area (Å²) in [6.45, 7) is 0. The molecule has 4 rings (SSSR count). The van der Waals surface area contributed by atoms with Crippen molar-refractivity contribution >= 4 is 17.0 Å². The van der Waals surface area contributed by atoms with Crippen molar-refractivity contribution in [3.05, 3.63) is 17.9 Å². The van der Waals surface area contributed by atoms with Crippen molar-refractivity contribution < 1.29 is 13.9 Å². The topological polar surface area (TPSA) is 62.3 Å². The Bertz CT molecular complexity index is 685. The molecule has 2 N–H and O–H groups in total. The summed E-state index contributed by atoms with van der Waals surface area (Å²) in [6, 6.07) is 3.23. The maximum absolute atomic E-state index is 13.7. The number of nitrogens with zero attached hydrogens (tertiary/aromatic N) is 2. The van der Waals surface area contributed by atoms with E-state index in [1.807, 2.05) is 4.57 Å². The largest absolute Gasteiger partial charge is 0.494 e. The Hall–Kier alpha value is -1.82. The lowest BCUT2D eigenvalue weighted by Crippen LogP contribution is -2.22. The molecule has 3 unspecified atom stereocenters. The van der Waals surface area contributed by atoms with Gasteiger partial charge in [-0.1, -0.05) is 0 Å². The third-order valence-corrected chi connectivity index (χ3v) is 4.40. The molecule has 6 heteroatoms. The van der Waals surface area contributed by atoms with Gasteiger partial charge in [0.1, 0.15) is 0 Å². The molecule has 2 saturated heterocycles. The van der Waals surface area contributed by atoms with Gasteiger partial charge in [-0.15, -0.1) is 0 Å². The van der Waals surface area contributed by atoms with Crippen molar-refractivity contribution in [2.24, 2.45) is 0 Å². The van der Waals surface area contributed by atoms with E-state index in [2.05, 4.69) is 4.98 Å². The zero-order valence-corrected chi connectivity index (χ0v) is 11.2. The Morgan fingerprint density at radius 2 is 2.30 bits per heavy atom. The number of imidazole rings is 1. The molecule has 20 heavy (non-hydrogen) atoms. The third-order valence-electron chi connectivity index (χ3n) is 4.40. The lowest BCUT2D eigenvalue weighted by molar-refractivity contribution is 0.0945. The van der Waals surface area contributed by atoms with Gasteiger partial charge in [0.05, 0.1) is 36.4 Å². The summed E-state index contributed by atoms with van der Waals surface area (Å²) in [7, 11) is 1.45. The molecule has 2 fully saturated rings. The van der Waals surface area contributed by atoms with E-state index in [0.29, 0.717) is 17.6 Å². The average Bonchev–Trinajstić information content (AvgIpc) is 3.10. The number of rotatable bonds is 2. The van der Waals surface area contributed by atoms with Crippen molar-refractivity contribution in [1.29, 1.82) is 0 Å². The maximum atomic E-state index is 13.7. The number of halogens is 1. The minimum absolute atomic E-state index is 0.189. The molecule has 5 nitrogen and oxygen atoms in total. The van der Waals surface area contributed by atoms with Crippen molar-refractivity contribution in [1.82, 2.24) is 9.55 Å². The summed E-state index contributed by atoms with van der Waals surface area (Å²) < 4.78 is 26.7. The van der Waals surface area contributed by atoms with E-state index < -0.39 is 5.82 Å². The molecule has 0 radical (unpaired) electrons. The zero-order valence-electron chi connectivity index (χ0n) is 11.2. The van der Waals surface area contributed by atoms with Crippen LogP contribution in [0.3, 0.4) is 0 Å². The third kappa shape index (κ3) is 1.54. The second-order valence-electron chi connectivity index (χ2n) is 5.49. The maximum Gasteiger partial charge on any atom is 0.201 e. The van der Waals surface area contributed by atoms with Crippen molar-refractivity contribution in [2.45, 2.75) is 37.5 Å². The van der Waals surface area contributed by atoms with Crippen LogP contribution in [0.2, 0.25) is 0 Å². The minimum atomic E-state index is -0.422. The van der Waals surface area contributed by atoms with Gasteiger partial charge in [-0.25, -0.2) is 9.37 Å². The Morgan fingerprint density at radius 1 is 1.45 bits per heavy atom. The molecule has 3 atom stereocenters. The first-order valence-electron chi connectivity index (χ1n) is 6.84. The molecule has 0 amide bonds. The van der Waals surface area contributed by atoms with Crippen LogP contribution in [0.15, 0.2) is 12.1 Å². The lowest BCUT2D eigenvalue weighted by Gasteiger charge is -2.22. The van der Waals surface area contributed by atoms with Gasteiger partial charge in [0.2, 0.25) is 5.95 Å². The number of benzene rings is 1. The molecule has 2 bridgehead atoms. The van der Waals surface area contributed by atoms with Crippen molar-refractivity contribution in [2.75, 3.05) is 12.8 Å². The molecule has 0 saturated carbocycles. The van der Waals surface area contributed by atoms with Gasteiger partial charge >= 0.3 is 0 Å². The predicted molar refractivity (Wildman–Crippen MR) is 72.2 cm³/mol. The highest BCUT2D eigenvalue weighted by atomic mass is 19.1. The van der Waals surface area contributed by atoms with Crippen LogP contribution in [0.4, 0.5) is 10.3 Å². The standard InChI is InChI=1S/C14H16FN3O2/c1-19-13-6-10-9(5-8(13)15)17-14(16)18(10)11-4-7-2-3-12(11)20-7/h5-7,11-12H,2-4H2,1H3,(H2,16,17). The zero-order chi connectivity index (χ0) is 13.9. The van der Waals surface area contributed by atoms with E-state index in [4.69, 9.17) is 15.2 Å². The fourth-order valence-corrected chi connectivity index (χ4v) is 3.50. The summed E-state index contributed by atoms with van der Waals surface area (Å²) >= 11 is 0. The molecule has 1 aromatic carbocycles. The summed E-state index contributed by atoms with van der Waals surface area (Å²) in [6.07, 6.45) is 3.62. The predicted octanol–water partition coefficient (Wildman–Crippen LogP) is 2.26. The van der Waals surface area contributed by atoms with Gasteiger partial charge in [-0.2, -0.15) is 0 Å². The van der Waals surface area contributed by atoms with Crippen LogP contribution in [0.5, 0.6) is 5.75 Å². The van der Waals surface area contributed by atoms with Crippen LogP contribution in [0, 0.1) is 5.82 Å². The Kier molecular flexibility index (Phi) is 2.44. The van der Waals surface area contributed by atoms with Gasteiger partial charge < -0.3 is 19.8 Å². The second kappa shape index (κ2) is 4.09. The number of hydrogen-bond donors (Lipinski definition) is 1. The van der Waals surface area contributed by atoms with E-state index in [9.17, 15) is 4.39 Å². The first kappa shape index (κ1) is 12.0. The van der Waals surface area contributed by atoms with Gasteiger partial charge in [0, 0.05) is 12.1 Å². The Labute approximate surface area is 115 Å². The monoisotopic (exact) mass is 277 g/mol. The minimum Gasteiger partial charge on any atom is -0.494 e. The number of nitrogen functional groups attached to an aromatic ring is 1. The molecule has 2 aliphatic heterocycles. The Morgan fingerprint density at radius 3 is 2.95 bits per heavy atom. The first-order chi connectivity index (χ1) is 9.67. The molecule has 0 aliphatic carbocycles. The molecule has 2 aromatic rings. The SMILES string of the molecule is COc1cc2c(cc1F)nc(N)n2C1CC2CCC1O2. The normalized spacial score (nSPS) is 28.4. The molecule has 0 spiro atoms. The van der Waals surface area contributed by atoms with Crippen molar-refractivity contribution in [3.8, 4) is 5.75 Å². The quantitative estimate of drug-likeness (QED) is 0.914. The number of anilines is 1. The highest BCUT2D eigenvalue weighted by Gasteiger charge is 2.42. The average molecular weight is 277 g/mol. The number of fused-ring (bicyclic) bond motifs is 3. The highest BCUT2D eigenvalue weighted by Crippen LogP contribution is 2.44. The molecule has 106 valence electrons. The number of hydrogen-bond acceptors (Lipinski definition) is 4. The van der Waals surface area contributed by atoms with Crippen molar-refractivity contribution in [3.63, 3.8) is 0 Å². The molecular weight excluding hydrogens is 261 g/mol. The summed E-state index contributed by atoms with van der Waals surface area (Å²) in [5, 5.41) is 0. The summed E-state index contributed by atoms with van der Waals surface area (Å²) in [5.41, 5.74) is 7.41. The smallest absolute Gasteiger partial charge is 0.201 e. The van der Waals surface area contributed by atoms with Gasteiger partial charge in [-0.3, -0.25) is 0 Å². The van der Waals surface area contributed by atoms with E-state index in [0.717, 1.165) is 24.8 Å². The Balaban J connectivity index is 1.88. The number of aromatic nitrogens is 2. The van der Waals surface area contributed by atoms with E-state index in [1.54, 1.807) is 6.07 Å². The van der Waals surface area contributed by atoms with Crippen LogP contribution in [0.25, 0.3) is 11.0 Å². The van der Waals surface area contributed by atoms with E-state index >= 15 is 0 Å². The number of methoxy groups -OCH3 is 1. The van der Waals surface area contributed by atoms with E-state index in [-0.39, 0.29) is 17.9 Å².